The number of hydrogen-bond acceptors (Lipinski definition) is 5. The van der Waals surface area contributed by atoms with Crippen molar-refractivity contribution >= 4 is 23.2 Å². The molecule has 2 N–H and O–H groups in total. The molecule has 8 nitrogen and oxygen atoms in total. The average molecular weight is 367 g/mol. The third kappa shape index (κ3) is 5.57. The van der Waals surface area contributed by atoms with Gasteiger partial charge in [-0.15, -0.1) is 6.42 Å². The molecule has 2 aromatic rings. The van der Waals surface area contributed by atoms with Crippen LogP contribution in [0.25, 0.3) is 0 Å². The number of carbonyl (C=O) groups is 2. The highest BCUT2D eigenvalue weighted by Crippen LogP contribution is 2.25. The maximum Gasteiger partial charge on any atom is 0.310 e. The van der Waals surface area contributed by atoms with E-state index in [2.05, 4.69) is 16.6 Å². The van der Waals surface area contributed by atoms with Gasteiger partial charge in [-0.3, -0.25) is 19.7 Å². The number of carbonyl (C=O) groups excluding carboxylic acids is 2. The number of rotatable bonds is 8. The molecule has 0 aliphatic heterocycles. The Kier molecular flexibility index (Phi) is 6.91. The molecule has 0 unspecified atom stereocenters. The third-order valence-electron chi connectivity index (χ3n) is 3.45. The van der Waals surface area contributed by atoms with E-state index >= 15 is 0 Å². The zero-order valence-corrected chi connectivity index (χ0v) is 14.3. The molecule has 2 aromatic carbocycles. The fraction of sp³-hybridized carbons (Fsp3) is 0.158. The van der Waals surface area contributed by atoms with Gasteiger partial charge < -0.3 is 15.4 Å². The van der Waals surface area contributed by atoms with Crippen LogP contribution in [0.4, 0.5) is 11.4 Å². The van der Waals surface area contributed by atoms with Crippen LogP contribution in [-0.2, 0) is 4.79 Å². The normalized spacial score (nSPS) is 9.74. The second kappa shape index (κ2) is 9.58. The van der Waals surface area contributed by atoms with Gasteiger partial charge in [0.2, 0.25) is 5.91 Å². The van der Waals surface area contributed by atoms with E-state index in [1.54, 1.807) is 30.3 Å². The fourth-order valence-corrected chi connectivity index (χ4v) is 2.21. The van der Waals surface area contributed by atoms with E-state index in [0.717, 1.165) is 0 Å². The number of nitro groups is 1. The fourth-order valence-electron chi connectivity index (χ4n) is 2.21. The number of ether oxygens (including phenoxy) is 1. The summed E-state index contributed by atoms with van der Waals surface area (Å²) in [5, 5.41) is 16.1. The molecule has 27 heavy (non-hydrogen) atoms. The van der Waals surface area contributed by atoms with Gasteiger partial charge in [-0.25, -0.2) is 0 Å². The molecule has 0 saturated carbocycles. The predicted molar refractivity (Wildman–Crippen MR) is 99.4 cm³/mol. The van der Waals surface area contributed by atoms with Crippen LogP contribution in [-0.4, -0.2) is 29.9 Å². The minimum Gasteiger partial charge on any atom is -0.486 e. The number of nitrogens with one attached hydrogen (secondary N) is 2. The van der Waals surface area contributed by atoms with Gasteiger partial charge in [-0.05, 0) is 18.2 Å². The Balaban J connectivity index is 1.95. The molecule has 0 aliphatic carbocycles. The molecular weight excluding hydrogens is 350 g/mol. The standard InChI is InChI=1S/C19H17N3O5/c1-2-12-20-19(24)14-7-3-4-8-15(14)21-18(23)11-13-27-17-10-6-5-9-16(17)22(25)26/h1,3-10H,11-13H2,(H,20,24)(H,21,23). The van der Waals surface area contributed by atoms with Gasteiger partial charge in [0.1, 0.15) is 0 Å². The average Bonchev–Trinajstić information content (AvgIpc) is 2.66. The maximum absolute atomic E-state index is 12.1. The van der Waals surface area contributed by atoms with Gasteiger partial charge in [-0.2, -0.15) is 0 Å². The number of benzene rings is 2. The van der Waals surface area contributed by atoms with Crippen LogP contribution in [0, 0.1) is 22.5 Å². The maximum atomic E-state index is 12.1. The molecule has 0 heterocycles. The molecular formula is C19H17N3O5. The first kappa shape index (κ1) is 19.5. The second-order valence-electron chi connectivity index (χ2n) is 5.30. The van der Waals surface area contributed by atoms with Crippen LogP contribution in [0.5, 0.6) is 5.75 Å². The predicted octanol–water partition coefficient (Wildman–Crippen LogP) is 2.37. The van der Waals surface area contributed by atoms with Crippen LogP contribution in [0.15, 0.2) is 48.5 Å². The quantitative estimate of drug-likeness (QED) is 0.423. The number of nitro benzene ring substituents is 1. The number of nitrogens with zero attached hydrogens (tertiary/aromatic N) is 1. The molecule has 8 heteroatoms. The van der Waals surface area contributed by atoms with E-state index in [4.69, 9.17) is 11.2 Å². The third-order valence-corrected chi connectivity index (χ3v) is 3.45. The summed E-state index contributed by atoms with van der Waals surface area (Å²) in [7, 11) is 0. The lowest BCUT2D eigenvalue weighted by Crippen LogP contribution is -2.25. The SMILES string of the molecule is C#CCNC(=O)c1ccccc1NC(=O)CCOc1ccccc1[N+](=O)[O-]. The Bertz CT molecular complexity index is 889. The van der Waals surface area contributed by atoms with Crippen molar-refractivity contribution in [2.45, 2.75) is 6.42 Å². The topological polar surface area (TPSA) is 111 Å². The molecule has 0 fully saturated rings. The summed E-state index contributed by atoms with van der Waals surface area (Å²) < 4.78 is 5.33. The highest BCUT2D eigenvalue weighted by atomic mass is 16.6. The Labute approximate surface area is 155 Å². The summed E-state index contributed by atoms with van der Waals surface area (Å²) in [5.74, 6) is 1.59. The lowest BCUT2D eigenvalue weighted by molar-refractivity contribution is -0.385. The molecule has 0 spiro atoms. The number of amides is 2. The van der Waals surface area contributed by atoms with Crippen molar-refractivity contribution in [2.75, 3.05) is 18.5 Å². The van der Waals surface area contributed by atoms with Gasteiger partial charge in [0, 0.05) is 6.07 Å². The van der Waals surface area contributed by atoms with E-state index in [-0.39, 0.29) is 36.6 Å². The van der Waals surface area contributed by atoms with Gasteiger partial charge in [0.15, 0.2) is 5.75 Å². The summed E-state index contributed by atoms with van der Waals surface area (Å²) in [5.41, 5.74) is 0.442. The van der Waals surface area contributed by atoms with E-state index in [0.29, 0.717) is 5.69 Å². The van der Waals surface area contributed by atoms with Crippen molar-refractivity contribution in [1.82, 2.24) is 5.32 Å². The van der Waals surface area contributed by atoms with Crippen LogP contribution in [0.1, 0.15) is 16.8 Å². The monoisotopic (exact) mass is 367 g/mol. The summed E-state index contributed by atoms with van der Waals surface area (Å²) in [6, 6.07) is 12.4. The second-order valence-corrected chi connectivity index (χ2v) is 5.30. The largest absolute Gasteiger partial charge is 0.486 e. The van der Waals surface area contributed by atoms with E-state index < -0.39 is 16.7 Å². The van der Waals surface area contributed by atoms with Crippen molar-refractivity contribution in [1.29, 1.82) is 0 Å². The highest BCUT2D eigenvalue weighted by Gasteiger charge is 2.15. The Hall–Kier alpha value is -3.86. The number of para-hydroxylation sites is 3. The van der Waals surface area contributed by atoms with Crippen LogP contribution >= 0.6 is 0 Å². The molecule has 0 saturated heterocycles. The minimum atomic E-state index is -0.555. The highest BCUT2D eigenvalue weighted by molar-refractivity contribution is 6.03. The van der Waals surface area contributed by atoms with Crippen molar-refractivity contribution < 1.29 is 19.2 Å². The van der Waals surface area contributed by atoms with Gasteiger partial charge in [0.25, 0.3) is 5.91 Å². The molecule has 2 rings (SSSR count). The van der Waals surface area contributed by atoms with E-state index in [1.165, 1.54) is 18.2 Å². The molecule has 0 aliphatic rings. The van der Waals surface area contributed by atoms with Crippen LogP contribution in [0.2, 0.25) is 0 Å². The molecule has 0 radical (unpaired) electrons. The molecule has 2 amide bonds. The number of hydrogen-bond donors (Lipinski definition) is 2. The van der Waals surface area contributed by atoms with Gasteiger partial charge in [-0.1, -0.05) is 30.2 Å². The number of terminal acetylenes is 1. The first-order valence-corrected chi connectivity index (χ1v) is 7.99. The van der Waals surface area contributed by atoms with Crippen molar-refractivity contribution in [2.24, 2.45) is 0 Å². The zero-order valence-electron chi connectivity index (χ0n) is 14.3. The van der Waals surface area contributed by atoms with Gasteiger partial charge >= 0.3 is 5.69 Å². The summed E-state index contributed by atoms with van der Waals surface area (Å²) in [6.07, 6.45) is 5.07. The number of anilines is 1. The van der Waals surface area contributed by atoms with E-state index in [1.807, 2.05) is 0 Å². The molecule has 0 aromatic heterocycles. The van der Waals surface area contributed by atoms with Crippen molar-refractivity contribution in [3.63, 3.8) is 0 Å². The zero-order chi connectivity index (χ0) is 19.6. The Morgan fingerprint density at radius 1 is 1.15 bits per heavy atom. The lowest BCUT2D eigenvalue weighted by atomic mass is 10.1. The molecule has 0 bridgehead atoms. The summed E-state index contributed by atoms with van der Waals surface area (Å²) in [4.78, 5) is 34.6. The van der Waals surface area contributed by atoms with Crippen LogP contribution in [0.3, 0.4) is 0 Å². The summed E-state index contributed by atoms with van der Waals surface area (Å²) in [6.45, 7) is 0.0208. The molecule has 138 valence electrons. The van der Waals surface area contributed by atoms with Gasteiger partial charge in [0.05, 0.1) is 35.7 Å². The first-order valence-electron chi connectivity index (χ1n) is 7.99. The van der Waals surface area contributed by atoms with Crippen molar-refractivity contribution in [3.05, 3.63) is 64.2 Å². The molecule has 0 atom stereocenters. The van der Waals surface area contributed by atoms with E-state index in [9.17, 15) is 19.7 Å². The van der Waals surface area contributed by atoms with Crippen molar-refractivity contribution in [3.8, 4) is 18.1 Å². The summed E-state index contributed by atoms with van der Waals surface area (Å²) >= 11 is 0. The Morgan fingerprint density at radius 3 is 2.59 bits per heavy atom. The van der Waals surface area contributed by atoms with Crippen LogP contribution < -0.4 is 15.4 Å². The first-order chi connectivity index (χ1) is 13.0. The Morgan fingerprint density at radius 2 is 1.85 bits per heavy atom. The lowest BCUT2D eigenvalue weighted by Gasteiger charge is -2.11. The smallest absolute Gasteiger partial charge is 0.310 e. The minimum absolute atomic E-state index is 0.0492.